The summed E-state index contributed by atoms with van der Waals surface area (Å²) >= 11 is 0. The third-order valence-corrected chi connectivity index (χ3v) is 4.75. The van der Waals surface area contributed by atoms with Crippen LogP contribution in [0.2, 0.25) is 0 Å². The second-order valence-corrected chi connectivity index (χ2v) is 6.33. The lowest BCUT2D eigenvalue weighted by Crippen LogP contribution is -2.38. The molecule has 1 aromatic heterocycles. The number of carbonyl (C=O) groups excluding carboxylic acids is 1. The lowest BCUT2D eigenvalue weighted by molar-refractivity contribution is -0.116. The molecule has 1 N–H and O–H groups in total. The third-order valence-electron chi connectivity index (χ3n) is 4.75. The molecule has 3 rings (SSSR count). The Labute approximate surface area is 141 Å². The molecule has 0 atom stereocenters. The van der Waals surface area contributed by atoms with Crippen LogP contribution in [0, 0.1) is 5.82 Å². The van der Waals surface area contributed by atoms with E-state index in [1.165, 1.54) is 12.1 Å². The molecular formula is C20H21FN2O. The molecular weight excluding hydrogens is 303 g/mol. The molecule has 4 heteroatoms. The number of aromatic nitrogens is 1. The van der Waals surface area contributed by atoms with E-state index in [0.29, 0.717) is 6.54 Å². The fraction of sp³-hybridized carbons (Fsp3) is 0.300. The third kappa shape index (κ3) is 3.88. The Morgan fingerprint density at radius 2 is 1.79 bits per heavy atom. The van der Waals surface area contributed by atoms with Crippen molar-refractivity contribution in [1.29, 1.82) is 0 Å². The van der Waals surface area contributed by atoms with E-state index in [1.54, 1.807) is 24.5 Å². The minimum Gasteiger partial charge on any atom is -0.352 e. The zero-order valence-corrected chi connectivity index (χ0v) is 13.5. The first-order chi connectivity index (χ1) is 11.7. The van der Waals surface area contributed by atoms with E-state index < -0.39 is 0 Å². The maximum absolute atomic E-state index is 13.2. The first-order valence-corrected chi connectivity index (χ1v) is 8.30. The lowest BCUT2D eigenvalue weighted by Gasteiger charge is -2.29. The predicted octanol–water partition coefficient (Wildman–Crippen LogP) is 3.86. The average molecular weight is 324 g/mol. The summed E-state index contributed by atoms with van der Waals surface area (Å²) in [5.41, 5.74) is 1.97. The molecule has 24 heavy (non-hydrogen) atoms. The van der Waals surface area contributed by atoms with E-state index in [1.807, 2.05) is 24.3 Å². The summed E-state index contributed by atoms with van der Waals surface area (Å²) in [5.74, 6) is -0.337. The van der Waals surface area contributed by atoms with Crippen molar-refractivity contribution in [3.8, 4) is 0 Å². The number of carbonyl (C=O) groups is 1. The van der Waals surface area contributed by atoms with E-state index in [0.717, 1.165) is 36.8 Å². The quantitative estimate of drug-likeness (QED) is 0.849. The van der Waals surface area contributed by atoms with E-state index in [9.17, 15) is 9.18 Å². The smallest absolute Gasteiger partial charge is 0.244 e. The van der Waals surface area contributed by atoms with Gasteiger partial charge in [-0.05, 0) is 54.3 Å². The molecule has 0 aliphatic heterocycles. The number of benzene rings is 1. The number of rotatable bonds is 5. The van der Waals surface area contributed by atoms with E-state index in [4.69, 9.17) is 0 Å². The molecule has 0 bridgehead atoms. The van der Waals surface area contributed by atoms with Crippen LogP contribution in [0.25, 0.3) is 6.08 Å². The first-order valence-electron chi connectivity index (χ1n) is 8.30. The number of hydrogen-bond donors (Lipinski definition) is 1. The molecule has 0 radical (unpaired) electrons. The fourth-order valence-corrected chi connectivity index (χ4v) is 3.38. The predicted molar refractivity (Wildman–Crippen MR) is 92.8 cm³/mol. The highest BCUT2D eigenvalue weighted by molar-refractivity contribution is 5.91. The summed E-state index contributed by atoms with van der Waals surface area (Å²) < 4.78 is 13.2. The van der Waals surface area contributed by atoms with E-state index >= 15 is 0 Å². The van der Waals surface area contributed by atoms with Crippen molar-refractivity contribution in [1.82, 2.24) is 10.3 Å². The molecule has 1 amide bonds. The minimum absolute atomic E-state index is 0.0755. The van der Waals surface area contributed by atoms with Crippen molar-refractivity contribution in [3.05, 3.63) is 71.8 Å². The van der Waals surface area contributed by atoms with Crippen LogP contribution in [-0.4, -0.2) is 17.4 Å². The standard InChI is InChI=1S/C20H21FN2O/c21-18-6-4-17(5-7-18)20(11-1-2-12-20)15-23-19(24)8-3-16-9-13-22-14-10-16/h3-10,13-14H,1-2,11-12,15H2,(H,23,24)/b8-3+. The van der Waals surface area contributed by atoms with Crippen LogP contribution >= 0.6 is 0 Å². The molecule has 0 unspecified atom stereocenters. The van der Waals surface area contributed by atoms with Crippen LogP contribution in [0.1, 0.15) is 36.8 Å². The van der Waals surface area contributed by atoms with Crippen molar-refractivity contribution >= 4 is 12.0 Å². The van der Waals surface area contributed by atoms with Gasteiger partial charge in [0.1, 0.15) is 5.82 Å². The van der Waals surface area contributed by atoms with Crippen LogP contribution < -0.4 is 5.32 Å². The number of nitrogens with zero attached hydrogens (tertiary/aromatic N) is 1. The Hall–Kier alpha value is -2.49. The molecule has 124 valence electrons. The van der Waals surface area contributed by atoms with Crippen molar-refractivity contribution in [3.63, 3.8) is 0 Å². The second-order valence-electron chi connectivity index (χ2n) is 6.33. The zero-order chi connectivity index (χ0) is 16.8. The van der Waals surface area contributed by atoms with Crippen molar-refractivity contribution in [2.24, 2.45) is 0 Å². The van der Waals surface area contributed by atoms with Gasteiger partial charge in [0.05, 0.1) is 0 Å². The van der Waals surface area contributed by atoms with Gasteiger partial charge in [-0.1, -0.05) is 25.0 Å². The number of hydrogen-bond acceptors (Lipinski definition) is 2. The maximum Gasteiger partial charge on any atom is 0.244 e. The summed E-state index contributed by atoms with van der Waals surface area (Å²) in [6.45, 7) is 0.581. The highest BCUT2D eigenvalue weighted by atomic mass is 19.1. The number of amides is 1. The highest BCUT2D eigenvalue weighted by Crippen LogP contribution is 2.40. The van der Waals surface area contributed by atoms with Gasteiger partial charge in [-0.15, -0.1) is 0 Å². The number of halogens is 1. The zero-order valence-electron chi connectivity index (χ0n) is 13.5. The average Bonchev–Trinajstić information content (AvgIpc) is 3.10. The normalized spacial score (nSPS) is 16.4. The maximum atomic E-state index is 13.2. The second kappa shape index (κ2) is 7.39. The van der Waals surface area contributed by atoms with Crippen LogP contribution in [0.15, 0.2) is 54.9 Å². The largest absolute Gasteiger partial charge is 0.352 e. The summed E-state index contributed by atoms with van der Waals surface area (Å²) in [7, 11) is 0. The monoisotopic (exact) mass is 324 g/mol. The number of pyridine rings is 1. The Morgan fingerprint density at radius 1 is 1.12 bits per heavy atom. The van der Waals surface area contributed by atoms with E-state index in [2.05, 4.69) is 10.3 Å². The highest BCUT2D eigenvalue weighted by Gasteiger charge is 2.35. The van der Waals surface area contributed by atoms with Crippen LogP contribution in [0.4, 0.5) is 4.39 Å². The molecule has 1 fully saturated rings. The Bertz CT molecular complexity index is 704. The van der Waals surface area contributed by atoms with Gasteiger partial charge in [-0.25, -0.2) is 4.39 Å². The molecule has 1 aromatic carbocycles. The van der Waals surface area contributed by atoms with E-state index in [-0.39, 0.29) is 17.1 Å². The first kappa shape index (κ1) is 16.4. The molecule has 2 aromatic rings. The Balaban J connectivity index is 1.65. The molecule has 1 aliphatic rings. The molecule has 3 nitrogen and oxygen atoms in total. The topological polar surface area (TPSA) is 42.0 Å². The van der Waals surface area contributed by atoms with Gasteiger partial charge >= 0.3 is 0 Å². The van der Waals surface area contributed by atoms with Crippen LogP contribution in [0.5, 0.6) is 0 Å². The molecule has 0 spiro atoms. The van der Waals surface area contributed by atoms with Gasteiger partial charge in [-0.2, -0.15) is 0 Å². The van der Waals surface area contributed by atoms with Crippen LogP contribution in [-0.2, 0) is 10.2 Å². The molecule has 1 aliphatic carbocycles. The van der Waals surface area contributed by atoms with Gasteiger partial charge < -0.3 is 5.32 Å². The van der Waals surface area contributed by atoms with Gasteiger partial charge in [0, 0.05) is 30.4 Å². The molecule has 1 saturated carbocycles. The van der Waals surface area contributed by atoms with Gasteiger partial charge in [0.2, 0.25) is 5.91 Å². The van der Waals surface area contributed by atoms with Gasteiger partial charge in [-0.3, -0.25) is 9.78 Å². The van der Waals surface area contributed by atoms with Crippen molar-refractivity contribution in [2.45, 2.75) is 31.1 Å². The summed E-state index contributed by atoms with van der Waals surface area (Å²) in [6.07, 6.45) is 11.0. The van der Waals surface area contributed by atoms with Crippen molar-refractivity contribution < 1.29 is 9.18 Å². The molecule has 0 saturated heterocycles. The fourth-order valence-electron chi connectivity index (χ4n) is 3.38. The van der Waals surface area contributed by atoms with Crippen molar-refractivity contribution in [2.75, 3.05) is 6.54 Å². The van der Waals surface area contributed by atoms with Gasteiger partial charge in [0.25, 0.3) is 0 Å². The summed E-state index contributed by atoms with van der Waals surface area (Å²) in [6, 6.07) is 10.4. The summed E-state index contributed by atoms with van der Waals surface area (Å²) in [5, 5.41) is 3.01. The summed E-state index contributed by atoms with van der Waals surface area (Å²) in [4.78, 5) is 16.1. The molecule has 1 heterocycles. The minimum atomic E-state index is -0.226. The Morgan fingerprint density at radius 3 is 2.46 bits per heavy atom. The lowest BCUT2D eigenvalue weighted by atomic mass is 9.79. The van der Waals surface area contributed by atoms with Gasteiger partial charge in [0.15, 0.2) is 0 Å². The van der Waals surface area contributed by atoms with Crippen LogP contribution in [0.3, 0.4) is 0 Å². The Kier molecular flexibility index (Phi) is 5.04. The SMILES string of the molecule is O=C(/C=C/c1ccncc1)NCC1(c2ccc(F)cc2)CCCC1. The number of nitrogens with one attached hydrogen (secondary N) is 1.